The number of nitrogens with zero attached hydrogens (tertiary/aromatic N) is 5. The Kier molecular flexibility index (Phi) is 4.53. The molecule has 1 aliphatic heterocycles. The lowest BCUT2D eigenvalue weighted by molar-refractivity contribution is -0.100. The van der Waals surface area contributed by atoms with Crippen molar-refractivity contribution in [2.45, 2.75) is 45.1 Å². The van der Waals surface area contributed by atoms with Gasteiger partial charge in [0.05, 0.1) is 22.6 Å². The number of anilines is 1. The van der Waals surface area contributed by atoms with Crippen LogP contribution in [0.1, 0.15) is 32.2 Å². The van der Waals surface area contributed by atoms with Gasteiger partial charge in [0, 0.05) is 25.6 Å². The van der Waals surface area contributed by atoms with Crippen molar-refractivity contribution in [1.29, 1.82) is 0 Å². The molecule has 11 heteroatoms. The van der Waals surface area contributed by atoms with Crippen LogP contribution in [-0.2, 0) is 12.6 Å². The lowest BCUT2D eigenvalue weighted by atomic mass is 10.0. The van der Waals surface area contributed by atoms with E-state index in [0.717, 1.165) is 11.9 Å². The fourth-order valence-corrected chi connectivity index (χ4v) is 2.90. The molecule has 0 amide bonds. The van der Waals surface area contributed by atoms with Crippen LogP contribution in [0, 0.1) is 6.92 Å². The molecule has 1 atom stereocenters. The molecular formula is C17H23F3N8. The molecule has 0 saturated carbocycles. The number of nitrogens with one attached hydrogen (secondary N) is 2. The molecule has 3 rings (SSSR count). The van der Waals surface area contributed by atoms with Crippen LogP contribution in [0.25, 0.3) is 0 Å². The Hall–Kier alpha value is -2.82. The smallest absolute Gasteiger partial charge is 0.332 e. The van der Waals surface area contributed by atoms with Crippen molar-refractivity contribution in [3.63, 3.8) is 0 Å². The van der Waals surface area contributed by atoms with Gasteiger partial charge in [-0.25, -0.2) is 4.99 Å². The average Bonchev–Trinajstić information content (AvgIpc) is 3.12. The second kappa shape index (κ2) is 6.36. The monoisotopic (exact) mass is 396 g/mol. The Morgan fingerprint density at radius 2 is 1.93 bits per heavy atom. The van der Waals surface area contributed by atoms with Crippen molar-refractivity contribution >= 4 is 11.6 Å². The highest BCUT2D eigenvalue weighted by molar-refractivity contribution is 5.95. The molecule has 0 aliphatic carbocycles. The standard InChI is InChI=1S/C17H23F3N8/c1-10-11(9-28(25-10)15(2,3)13-6-7-27(5)26-13)23-14-22-8-12(17(18,19)20)16(4,21)24-14/h6-9H,21H2,1-5H3,(H2,22,23,24). The third-order valence-corrected chi connectivity index (χ3v) is 4.61. The number of guanidine groups is 1. The molecule has 0 radical (unpaired) electrons. The fourth-order valence-electron chi connectivity index (χ4n) is 2.90. The second-order valence-corrected chi connectivity index (χ2v) is 7.44. The Morgan fingerprint density at radius 3 is 2.46 bits per heavy atom. The summed E-state index contributed by atoms with van der Waals surface area (Å²) in [6.07, 6.45) is -0.142. The van der Waals surface area contributed by atoms with Gasteiger partial charge in [-0.15, -0.1) is 0 Å². The van der Waals surface area contributed by atoms with Gasteiger partial charge in [-0.05, 0) is 33.8 Å². The van der Waals surface area contributed by atoms with Gasteiger partial charge in [-0.2, -0.15) is 23.4 Å². The van der Waals surface area contributed by atoms with Crippen molar-refractivity contribution in [1.82, 2.24) is 24.9 Å². The summed E-state index contributed by atoms with van der Waals surface area (Å²) in [6, 6.07) is 1.90. The number of nitrogens with two attached hydrogens (primary N) is 1. The van der Waals surface area contributed by atoms with E-state index in [1.807, 2.05) is 33.2 Å². The summed E-state index contributed by atoms with van der Waals surface area (Å²) < 4.78 is 42.6. The predicted molar refractivity (Wildman–Crippen MR) is 99.5 cm³/mol. The van der Waals surface area contributed by atoms with Gasteiger partial charge in [0.25, 0.3) is 0 Å². The van der Waals surface area contributed by atoms with Crippen LogP contribution in [0.3, 0.4) is 0 Å². The van der Waals surface area contributed by atoms with Crippen LogP contribution in [-0.4, -0.2) is 37.4 Å². The minimum absolute atomic E-state index is 0.108. The molecular weight excluding hydrogens is 373 g/mol. The summed E-state index contributed by atoms with van der Waals surface area (Å²) in [5.41, 5.74) is 4.44. The molecule has 0 bridgehead atoms. The molecule has 3 heterocycles. The number of halogens is 3. The number of aromatic nitrogens is 4. The number of alkyl halides is 3. The van der Waals surface area contributed by atoms with E-state index in [-0.39, 0.29) is 5.96 Å². The first-order valence-electron chi connectivity index (χ1n) is 8.58. The third kappa shape index (κ3) is 3.61. The van der Waals surface area contributed by atoms with Gasteiger partial charge in [-0.1, -0.05) is 0 Å². The predicted octanol–water partition coefficient (Wildman–Crippen LogP) is 2.20. The summed E-state index contributed by atoms with van der Waals surface area (Å²) in [7, 11) is 1.83. The molecule has 152 valence electrons. The van der Waals surface area contributed by atoms with E-state index in [1.165, 1.54) is 6.92 Å². The molecule has 28 heavy (non-hydrogen) atoms. The number of hydrogen-bond donors (Lipinski definition) is 3. The van der Waals surface area contributed by atoms with Gasteiger partial charge >= 0.3 is 6.18 Å². The number of rotatable bonds is 3. The maximum atomic E-state index is 13.1. The van der Waals surface area contributed by atoms with Crippen molar-refractivity contribution in [2.24, 2.45) is 17.8 Å². The lowest BCUT2D eigenvalue weighted by Gasteiger charge is -2.30. The van der Waals surface area contributed by atoms with Crippen molar-refractivity contribution in [3.8, 4) is 0 Å². The Bertz CT molecular complexity index is 946. The van der Waals surface area contributed by atoms with Gasteiger partial charge < -0.3 is 16.4 Å². The van der Waals surface area contributed by atoms with E-state index in [4.69, 9.17) is 5.73 Å². The third-order valence-electron chi connectivity index (χ3n) is 4.61. The summed E-state index contributed by atoms with van der Waals surface area (Å²) in [5.74, 6) is 0.108. The minimum atomic E-state index is -4.57. The van der Waals surface area contributed by atoms with Gasteiger partial charge in [0.1, 0.15) is 11.2 Å². The van der Waals surface area contributed by atoms with Crippen molar-refractivity contribution < 1.29 is 13.2 Å². The van der Waals surface area contributed by atoms with Crippen molar-refractivity contribution in [2.75, 3.05) is 5.32 Å². The van der Waals surface area contributed by atoms with Crippen LogP contribution in [0.15, 0.2) is 35.2 Å². The first kappa shape index (κ1) is 19.9. The summed E-state index contributed by atoms with van der Waals surface area (Å²) in [6.45, 7) is 6.93. The first-order valence-corrected chi connectivity index (χ1v) is 8.58. The fraction of sp³-hybridized carbons (Fsp3) is 0.471. The first-order chi connectivity index (χ1) is 12.8. The molecule has 0 fully saturated rings. The quantitative estimate of drug-likeness (QED) is 0.739. The summed E-state index contributed by atoms with van der Waals surface area (Å²) in [4.78, 5) is 3.96. The van der Waals surface area contributed by atoms with E-state index in [2.05, 4.69) is 25.8 Å². The number of aryl methyl sites for hydroxylation is 2. The highest BCUT2D eigenvalue weighted by Crippen LogP contribution is 2.34. The lowest BCUT2D eigenvalue weighted by Crippen LogP contribution is -2.49. The number of aliphatic imine (C=N–C) groups is 1. The highest BCUT2D eigenvalue weighted by Gasteiger charge is 2.45. The minimum Gasteiger partial charge on any atom is -0.332 e. The van der Waals surface area contributed by atoms with Gasteiger partial charge in [-0.3, -0.25) is 9.36 Å². The number of hydrogen-bond acceptors (Lipinski definition) is 6. The van der Waals surface area contributed by atoms with Crippen LogP contribution >= 0.6 is 0 Å². The maximum Gasteiger partial charge on any atom is 0.417 e. The normalized spacial score (nSPS) is 20.5. The Morgan fingerprint density at radius 1 is 1.25 bits per heavy atom. The molecule has 1 unspecified atom stereocenters. The van der Waals surface area contributed by atoms with Gasteiger partial charge in [0.2, 0.25) is 5.96 Å². The van der Waals surface area contributed by atoms with E-state index in [0.29, 0.717) is 11.4 Å². The molecule has 2 aromatic rings. The van der Waals surface area contributed by atoms with Crippen LogP contribution < -0.4 is 16.4 Å². The molecule has 0 spiro atoms. The SMILES string of the molecule is Cc1nn(C(C)(C)c2ccn(C)n2)cc1NC1=NC(C)(N)C(C(F)(F)F)=CN1. The highest BCUT2D eigenvalue weighted by atomic mass is 19.4. The zero-order chi connectivity index (χ0) is 20.9. The molecule has 1 aliphatic rings. The van der Waals surface area contributed by atoms with Crippen LogP contribution in [0.5, 0.6) is 0 Å². The van der Waals surface area contributed by atoms with E-state index < -0.39 is 23.0 Å². The largest absolute Gasteiger partial charge is 0.417 e. The molecule has 4 N–H and O–H groups in total. The molecule has 0 aromatic carbocycles. The zero-order valence-electron chi connectivity index (χ0n) is 16.3. The van der Waals surface area contributed by atoms with Crippen LogP contribution in [0.4, 0.5) is 18.9 Å². The Labute approximate surface area is 160 Å². The topological polar surface area (TPSA) is 98.1 Å². The van der Waals surface area contributed by atoms with Crippen LogP contribution in [0.2, 0.25) is 0 Å². The van der Waals surface area contributed by atoms with E-state index in [9.17, 15) is 13.2 Å². The summed E-state index contributed by atoms with van der Waals surface area (Å²) >= 11 is 0. The Balaban J connectivity index is 1.85. The molecule has 8 nitrogen and oxygen atoms in total. The average molecular weight is 396 g/mol. The summed E-state index contributed by atoms with van der Waals surface area (Å²) in [5, 5.41) is 14.4. The van der Waals surface area contributed by atoms with Crippen molar-refractivity contribution in [3.05, 3.63) is 41.6 Å². The molecule has 0 saturated heterocycles. The maximum absolute atomic E-state index is 13.1. The van der Waals surface area contributed by atoms with E-state index in [1.54, 1.807) is 22.5 Å². The second-order valence-electron chi connectivity index (χ2n) is 7.44. The van der Waals surface area contributed by atoms with E-state index >= 15 is 0 Å². The zero-order valence-corrected chi connectivity index (χ0v) is 16.3. The van der Waals surface area contributed by atoms with Gasteiger partial charge in [0.15, 0.2) is 0 Å². The molecule has 2 aromatic heterocycles.